The second kappa shape index (κ2) is 5.79. The van der Waals surface area contributed by atoms with Crippen LogP contribution in [0.4, 0.5) is 5.69 Å². The molecule has 0 heterocycles. The molecule has 0 saturated carbocycles. The molecule has 0 radical (unpaired) electrons. The molecule has 0 aromatic heterocycles. The van der Waals surface area contributed by atoms with Gasteiger partial charge in [-0.25, -0.2) is 4.99 Å². The van der Waals surface area contributed by atoms with Gasteiger partial charge in [-0.3, -0.25) is 5.32 Å². The van der Waals surface area contributed by atoms with Crippen molar-refractivity contribution in [1.29, 1.82) is 5.26 Å². The quantitative estimate of drug-likeness (QED) is 0.373. The van der Waals surface area contributed by atoms with Gasteiger partial charge < -0.3 is 0 Å². The number of halogens is 1. The fourth-order valence-electron chi connectivity index (χ4n) is 1.04. The van der Waals surface area contributed by atoms with Crippen molar-refractivity contribution in [1.82, 2.24) is 5.32 Å². The van der Waals surface area contributed by atoms with Gasteiger partial charge in [-0.05, 0) is 40.7 Å². The Kier molecular flexibility index (Phi) is 4.66. The topological polar surface area (TPSA) is 48.2 Å². The van der Waals surface area contributed by atoms with Crippen LogP contribution in [0.2, 0.25) is 0 Å². The van der Waals surface area contributed by atoms with Crippen LogP contribution in [0.15, 0.2) is 27.7 Å². The van der Waals surface area contributed by atoms with Crippen molar-refractivity contribution < 1.29 is 0 Å². The first-order valence-electron chi connectivity index (χ1n) is 4.22. The third-order valence-electron chi connectivity index (χ3n) is 1.76. The molecule has 1 aromatic rings. The fourth-order valence-corrected chi connectivity index (χ4v) is 1.92. The second-order valence-corrected chi connectivity index (χ2v) is 4.41. The molecule has 0 amide bonds. The molecule has 0 atom stereocenters. The van der Waals surface area contributed by atoms with Gasteiger partial charge in [0, 0.05) is 4.47 Å². The van der Waals surface area contributed by atoms with Gasteiger partial charge in [-0.2, -0.15) is 5.26 Å². The molecule has 15 heavy (non-hydrogen) atoms. The summed E-state index contributed by atoms with van der Waals surface area (Å²) in [7, 11) is 0. The first-order valence-corrected chi connectivity index (χ1v) is 6.23. The van der Waals surface area contributed by atoms with E-state index in [2.05, 4.69) is 26.2 Å². The number of nitriles is 1. The molecule has 1 rings (SSSR count). The highest BCUT2D eigenvalue weighted by atomic mass is 79.9. The summed E-state index contributed by atoms with van der Waals surface area (Å²) in [5, 5.41) is 11.6. The van der Waals surface area contributed by atoms with Gasteiger partial charge >= 0.3 is 0 Å². The molecule has 78 valence electrons. The molecule has 1 N–H and O–H groups in total. The van der Waals surface area contributed by atoms with Crippen LogP contribution >= 0.6 is 27.7 Å². The molecule has 0 aliphatic rings. The lowest BCUT2D eigenvalue weighted by molar-refractivity contribution is 1.27. The summed E-state index contributed by atoms with van der Waals surface area (Å²) in [6.45, 7) is 1.98. The zero-order valence-corrected chi connectivity index (χ0v) is 10.8. The number of amidine groups is 1. The highest BCUT2D eigenvalue weighted by Crippen LogP contribution is 2.29. The smallest absolute Gasteiger partial charge is 0.183 e. The Balaban J connectivity index is 3.11. The van der Waals surface area contributed by atoms with Gasteiger partial charge in [0.1, 0.15) is 0 Å². The van der Waals surface area contributed by atoms with Crippen molar-refractivity contribution in [3.8, 4) is 6.19 Å². The first kappa shape index (κ1) is 12.1. The van der Waals surface area contributed by atoms with E-state index in [1.807, 2.05) is 37.6 Å². The molecular weight excluding hydrogens is 274 g/mol. The Bertz CT molecular complexity index is 403. The van der Waals surface area contributed by atoms with Crippen molar-refractivity contribution in [2.45, 2.75) is 6.92 Å². The number of hydrogen-bond donors (Lipinski definition) is 1. The third kappa shape index (κ3) is 3.26. The van der Waals surface area contributed by atoms with E-state index in [9.17, 15) is 0 Å². The van der Waals surface area contributed by atoms with Crippen molar-refractivity contribution in [2.24, 2.45) is 4.99 Å². The van der Waals surface area contributed by atoms with Crippen LogP contribution in [0.3, 0.4) is 0 Å². The Morgan fingerprint density at radius 2 is 2.33 bits per heavy atom. The Morgan fingerprint density at radius 1 is 1.60 bits per heavy atom. The lowest BCUT2D eigenvalue weighted by Gasteiger charge is -2.04. The summed E-state index contributed by atoms with van der Waals surface area (Å²) in [5.74, 6) is 0. The Morgan fingerprint density at radius 3 is 2.87 bits per heavy atom. The molecule has 0 aliphatic heterocycles. The van der Waals surface area contributed by atoms with Crippen LogP contribution in [-0.4, -0.2) is 11.4 Å². The lowest BCUT2D eigenvalue weighted by atomic mass is 10.2. The molecule has 0 bridgehead atoms. The summed E-state index contributed by atoms with van der Waals surface area (Å²) in [6.07, 6.45) is 3.73. The van der Waals surface area contributed by atoms with E-state index >= 15 is 0 Å². The Labute approximate surface area is 102 Å². The predicted molar refractivity (Wildman–Crippen MR) is 68.2 cm³/mol. The number of para-hydroxylation sites is 1. The van der Waals surface area contributed by atoms with Gasteiger partial charge in [0.25, 0.3) is 0 Å². The normalized spacial score (nSPS) is 10.9. The van der Waals surface area contributed by atoms with Gasteiger partial charge in [0.15, 0.2) is 11.4 Å². The van der Waals surface area contributed by atoms with E-state index in [4.69, 9.17) is 5.26 Å². The van der Waals surface area contributed by atoms with Crippen molar-refractivity contribution >= 4 is 38.5 Å². The predicted octanol–water partition coefficient (Wildman–Crippen LogP) is 3.18. The SMILES string of the molecule is CSC(=Nc1c(C)cccc1Br)NC#N. The number of aliphatic imine (C=N–C) groups is 1. The minimum Gasteiger partial charge on any atom is -0.271 e. The second-order valence-electron chi connectivity index (χ2n) is 2.76. The number of hydrogen-bond acceptors (Lipinski definition) is 3. The summed E-state index contributed by atoms with van der Waals surface area (Å²) in [4.78, 5) is 4.37. The van der Waals surface area contributed by atoms with Crippen LogP contribution < -0.4 is 5.32 Å². The zero-order chi connectivity index (χ0) is 11.3. The van der Waals surface area contributed by atoms with Crippen LogP contribution in [0.25, 0.3) is 0 Å². The van der Waals surface area contributed by atoms with E-state index < -0.39 is 0 Å². The fraction of sp³-hybridized carbons (Fsp3) is 0.200. The number of rotatable bonds is 1. The summed E-state index contributed by atoms with van der Waals surface area (Å²) < 4.78 is 0.925. The number of thioether (sulfide) groups is 1. The summed E-state index contributed by atoms with van der Waals surface area (Å²) >= 11 is 4.83. The minimum absolute atomic E-state index is 0.590. The summed E-state index contributed by atoms with van der Waals surface area (Å²) in [5.41, 5.74) is 1.92. The van der Waals surface area contributed by atoms with E-state index in [1.165, 1.54) is 11.8 Å². The third-order valence-corrected chi connectivity index (χ3v) is 2.98. The number of aryl methyl sites for hydroxylation is 1. The average molecular weight is 284 g/mol. The van der Waals surface area contributed by atoms with E-state index in [-0.39, 0.29) is 0 Å². The molecule has 0 aliphatic carbocycles. The maximum atomic E-state index is 8.52. The molecule has 3 nitrogen and oxygen atoms in total. The van der Waals surface area contributed by atoms with Crippen molar-refractivity contribution in [3.05, 3.63) is 28.2 Å². The molecule has 5 heteroatoms. The van der Waals surface area contributed by atoms with Gasteiger partial charge in [-0.1, -0.05) is 23.9 Å². The van der Waals surface area contributed by atoms with E-state index in [0.717, 1.165) is 15.7 Å². The standard InChI is InChI=1S/C10H10BrN3S/c1-7-4-3-5-8(11)9(7)14-10(15-2)13-6-12/h3-5H,1-2H3,(H,13,14). The maximum Gasteiger partial charge on any atom is 0.183 e. The van der Waals surface area contributed by atoms with Crippen LogP contribution in [0.1, 0.15) is 5.56 Å². The van der Waals surface area contributed by atoms with Crippen LogP contribution in [-0.2, 0) is 0 Å². The Hall–Kier alpha value is -0.990. The molecule has 0 unspecified atom stereocenters. The lowest BCUT2D eigenvalue weighted by Crippen LogP contribution is -2.12. The average Bonchev–Trinajstić information content (AvgIpc) is 2.22. The van der Waals surface area contributed by atoms with Crippen molar-refractivity contribution in [3.63, 3.8) is 0 Å². The minimum atomic E-state index is 0.590. The molecule has 1 aromatic carbocycles. The monoisotopic (exact) mass is 283 g/mol. The van der Waals surface area contributed by atoms with Gasteiger partial charge in [-0.15, -0.1) is 0 Å². The maximum absolute atomic E-state index is 8.52. The van der Waals surface area contributed by atoms with E-state index in [1.54, 1.807) is 0 Å². The molecule has 0 saturated heterocycles. The van der Waals surface area contributed by atoms with Gasteiger partial charge in [0.05, 0.1) is 5.69 Å². The highest BCUT2D eigenvalue weighted by molar-refractivity contribution is 9.10. The molecule has 0 spiro atoms. The number of nitrogens with zero attached hydrogens (tertiary/aromatic N) is 2. The summed E-state index contributed by atoms with van der Waals surface area (Å²) in [6, 6.07) is 5.86. The molecule has 0 fully saturated rings. The van der Waals surface area contributed by atoms with Gasteiger partial charge in [0.2, 0.25) is 0 Å². The first-order chi connectivity index (χ1) is 7.19. The van der Waals surface area contributed by atoms with E-state index in [0.29, 0.717) is 5.17 Å². The highest BCUT2D eigenvalue weighted by Gasteiger charge is 2.03. The largest absolute Gasteiger partial charge is 0.271 e. The molecular formula is C10H10BrN3S. The van der Waals surface area contributed by atoms with Crippen molar-refractivity contribution in [2.75, 3.05) is 6.26 Å². The van der Waals surface area contributed by atoms with Crippen LogP contribution in [0.5, 0.6) is 0 Å². The zero-order valence-electron chi connectivity index (χ0n) is 8.41. The van der Waals surface area contributed by atoms with Crippen LogP contribution in [0, 0.1) is 18.4 Å². The number of nitrogens with one attached hydrogen (secondary N) is 1. The number of benzene rings is 1.